The van der Waals surface area contributed by atoms with Gasteiger partial charge in [-0.2, -0.15) is 0 Å². The number of ether oxygens (including phenoxy) is 2. The Labute approximate surface area is 210 Å². The molecule has 5 nitrogen and oxygen atoms in total. The first-order chi connectivity index (χ1) is 16.7. The number of anilines is 1. The van der Waals surface area contributed by atoms with Gasteiger partial charge in [0.2, 0.25) is 0 Å². The number of hydrogen-bond donors (Lipinski definition) is 2. The van der Waals surface area contributed by atoms with Crippen molar-refractivity contribution in [2.75, 3.05) is 11.9 Å². The van der Waals surface area contributed by atoms with E-state index in [1.807, 2.05) is 45.5 Å². The zero-order chi connectivity index (χ0) is 24.5. The van der Waals surface area contributed by atoms with Crippen molar-refractivity contribution >= 4 is 34.2 Å². The van der Waals surface area contributed by atoms with Crippen molar-refractivity contribution in [3.8, 4) is 16.9 Å². The summed E-state index contributed by atoms with van der Waals surface area (Å²) in [5.41, 5.74) is 5.46. The summed E-state index contributed by atoms with van der Waals surface area (Å²) in [6.45, 7) is 8.41. The molecule has 6 rings (SSSR count). The Morgan fingerprint density at radius 2 is 2.03 bits per heavy atom. The molecular weight excluding hydrogens is 458 g/mol. The molecule has 182 valence electrons. The van der Waals surface area contributed by atoms with Crippen LogP contribution in [0.25, 0.3) is 21.9 Å². The van der Waals surface area contributed by atoms with Crippen LogP contribution in [0, 0.1) is 12.8 Å². The lowest BCUT2D eigenvalue weighted by Crippen LogP contribution is -2.28. The monoisotopic (exact) mass is 489 g/mol. The molecule has 1 fully saturated rings. The van der Waals surface area contributed by atoms with E-state index in [4.69, 9.17) is 9.47 Å². The van der Waals surface area contributed by atoms with Gasteiger partial charge in [-0.15, -0.1) is 0 Å². The average molecular weight is 490 g/mol. The maximum absolute atomic E-state index is 12.7. The Kier molecular flexibility index (Phi) is 5.31. The van der Waals surface area contributed by atoms with Gasteiger partial charge in [0.05, 0.1) is 17.6 Å². The maximum Gasteiger partial charge on any atom is 0.337 e. The molecule has 0 radical (unpaired) electrons. The molecule has 2 N–H and O–H groups in total. The molecule has 0 spiro atoms. The van der Waals surface area contributed by atoms with Crippen molar-refractivity contribution in [3.63, 3.8) is 0 Å². The van der Waals surface area contributed by atoms with E-state index in [0.29, 0.717) is 17.9 Å². The summed E-state index contributed by atoms with van der Waals surface area (Å²) < 4.78 is 12.2. The van der Waals surface area contributed by atoms with Crippen LogP contribution in [0.5, 0.6) is 5.75 Å². The van der Waals surface area contributed by atoms with E-state index in [0.717, 1.165) is 55.8 Å². The topological polar surface area (TPSA) is 67.8 Å². The van der Waals surface area contributed by atoms with Crippen molar-refractivity contribution in [3.05, 3.63) is 53.1 Å². The van der Waals surface area contributed by atoms with Crippen LogP contribution >= 0.6 is 11.8 Å². The Morgan fingerprint density at radius 1 is 1.23 bits per heavy atom. The first-order valence-corrected chi connectivity index (χ1v) is 13.3. The number of benzene rings is 3. The average Bonchev–Trinajstić information content (AvgIpc) is 3.57. The molecule has 3 aromatic rings. The molecule has 3 aromatic carbocycles. The highest BCUT2D eigenvalue weighted by atomic mass is 32.2. The molecule has 1 aliphatic carbocycles. The summed E-state index contributed by atoms with van der Waals surface area (Å²) in [5.74, 6) is 0.596. The Bertz CT molecular complexity index is 1350. The number of aliphatic carboxylic acids is 1. The second kappa shape index (κ2) is 8.17. The van der Waals surface area contributed by atoms with Gasteiger partial charge >= 0.3 is 5.97 Å². The first-order valence-electron chi connectivity index (χ1n) is 12.4. The van der Waals surface area contributed by atoms with E-state index >= 15 is 0 Å². The Morgan fingerprint density at radius 3 is 2.74 bits per heavy atom. The van der Waals surface area contributed by atoms with E-state index in [2.05, 4.69) is 35.6 Å². The van der Waals surface area contributed by atoms with Gasteiger partial charge < -0.3 is 19.9 Å². The number of nitrogens with one attached hydrogen (secondary N) is 1. The molecular formula is C29H31NO4S. The fourth-order valence-electron chi connectivity index (χ4n) is 5.42. The summed E-state index contributed by atoms with van der Waals surface area (Å²) in [5, 5.41) is 16.7. The van der Waals surface area contributed by atoms with Crippen LogP contribution in [0.2, 0.25) is 0 Å². The van der Waals surface area contributed by atoms with Gasteiger partial charge in [-0.1, -0.05) is 30.0 Å². The summed E-state index contributed by atoms with van der Waals surface area (Å²) in [6.07, 6.45) is 2.28. The van der Waals surface area contributed by atoms with Gasteiger partial charge in [-0.05, 0) is 86.7 Å². The zero-order valence-electron chi connectivity index (χ0n) is 20.6. The lowest BCUT2D eigenvalue weighted by molar-refractivity contribution is -0.160. The fourth-order valence-corrected chi connectivity index (χ4v) is 6.91. The number of aryl methyl sites for hydroxylation is 1. The van der Waals surface area contributed by atoms with E-state index in [1.165, 1.54) is 18.4 Å². The summed E-state index contributed by atoms with van der Waals surface area (Å²) in [6, 6.07) is 12.7. The van der Waals surface area contributed by atoms with Crippen LogP contribution in [0.1, 0.15) is 56.4 Å². The van der Waals surface area contributed by atoms with Crippen LogP contribution in [0.4, 0.5) is 5.69 Å². The first kappa shape index (κ1) is 22.7. The van der Waals surface area contributed by atoms with Crippen LogP contribution in [0.15, 0.2) is 41.3 Å². The van der Waals surface area contributed by atoms with Gasteiger partial charge in [0.1, 0.15) is 5.75 Å². The second-order valence-corrected chi connectivity index (χ2v) is 12.0. The summed E-state index contributed by atoms with van der Waals surface area (Å²) >= 11 is 1.84. The third-order valence-corrected chi connectivity index (χ3v) is 8.48. The van der Waals surface area contributed by atoms with Crippen molar-refractivity contribution in [2.45, 2.75) is 68.9 Å². The molecule has 1 saturated carbocycles. The minimum absolute atomic E-state index is 0.327. The zero-order valence-corrected chi connectivity index (χ0v) is 21.4. The number of carbonyl (C=O) groups is 1. The molecule has 0 amide bonds. The minimum Gasteiger partial charge on any atom is -0.493 e. The lowest BCUT2D eigenvalue weighted by atomic mass is 9.87. The Balaban J connectivity index is 1.64. The van der Waals surface area contributed by atoms with Gasteiger partial charge in [-0.25, -0.2) is 4.79 Å². The van der Waals surface area contributed by atoms with E-state index in [1.54, 1.807) is 0 Å². The largest absolute Gasteiger partial charge is 0.493 e. The Hall–Kier alpha value is -2.70. The van der Waals surface area contributed by atoms with Crippen molar-refractivity contribution in [1.82, 2.24) is 0 Å². The standard InChI is InChI=1S/C29H31NO4S/c1-15-14-20-26(35-27(30-20)17-8-9-17)24(22(15)25(28(31)32)34-29(2,3)4)19-10-11-21-23-16(12-13-33-21)6-5-7-18(19)23/h5-7,10-11,14,17,25,27,30H,8-9,12-13H2,1-4H3,(H,31,32)/t25-,27?/m0/s1. The van der Waals surface area contributed by atoms with Crippen LogP contribution in [0.3, 0.4) is 0 Å². The van der Waals surface area contributed by atoms with E-state index in [9.17, 15) is 9.90 Å². The summed E-state index contributed by atoms with van der Waals surface area (Å²) in [7, 11) is 0. The fraction of sp³-hybridized carbons (Fsp3) is 0.414. The predicted octanol–water partition coefficient (Wildman–Crippen LogP) is 6.94. The number of carboxylic acid groups (broad SMARTS) is 1. The van der Waals surface area contributed by atoms with Gasteiger partial charge in [0.15, 0.2) is 6.10 Å². The van der Waals surface area contributed by atoms with Gasteiger partial charge in [0.25, 0.3) is 0 Å². The predicted molar refractivity (Wildman–Crippen MR) is 141 cm³/mol. The van der Waals surface area contributed by atoms with Crippen molar-refractivity contribution in [1.29, 1.82) is 0 Å². The molecule has 1 unspecified atom stereocenters. The smallest absolute Gasteiger partial charge is 0.337 e. The normalized spacial score (nSPS) is 19.7. The van der Waals surface area contributed by atoms with Gasteiger partial charge in [-0.3, -0.25) is 0 Å². The third kappa shape index (κ3) is 3.97. The molecule has 0 bridgehead atoms. The second-order valence-electron chi connectivity index (χ2n) is 10.9. The molecule has 0 saturated heterocycles. The molecule has 35 heavy (non-hydrogen) atoms. The number of carboxylic acids is 1. The van der Waals surface area contributed by atoms with Crippen LogP contribution in [-0.4, -0.2) is 28.7 Å². The lowest BCUT2D eigenvalue weighted by Gasteiger charge is -2.29. The molecule has 2 aliphatic heterocycles. The third-order valence-electron chi connectivity index (χ3n) is 7.06. The van der Waals surface area contributed by atoms with Crippen LogP contribution < -0.4 is 10.1 Å². The molecule has 2 heterocycles. The van der Waals surface area contributed by atoms with E-state index < -0.39 is 17.7 Å². The molecule has 3 aliphatic rings. The number of fused-ring (bicyclic) bond motifs is 1. The highest BCUT2D eigenvalue weighted by Crippen LogP contribution is 2.55. The molecule has 6 heteroatoms. The van der Waals surface area contributed by atoms with Crippen molar-refractivity contribution in [2.24, 2.45) is 5.92 Å². The summed E-state index contributed by atoms with van der Waals surface area (Å²) in [4.78, 5) is 13.8. The number of thioether (sulfide) groups is 1. The van der Waals surface area contributed by atoms with Gasteiger partial charge in [0, 0.05) is 33.5 Å². The maximum atomic E-state index is 12.7. The van der Waals surface area contributed by atoms with E-state index in [-0.39, 0.29) is 0 Å². The highest BCUT2D eigenvalue weighted by Gasteiger charge is 2.40. The molecule has 0 aromatic heterocycles. The van der Waals surface area contributed by atoms with Crippen molar-refractivity contribution < 1.29 is 19.4 Å². The quantitative estimate of drug-likeness (QED) is 0.404. The highest BCUT2D eigenvalue weighted by molar-refractivity contribution is 8.00. The number of rotatable bonds is 5. The minimum atomic E-state index is -1.07. The molecule has 2 atom stereocenters. The SMILES string of the molecule is Cc1cc2c(c(-c3ccc4c5c(cccc35)CCO4)c1[C@H](OC(C)(C)C)C(=O)O)SC(C1CC1)N2. The van der Waals surface area contributed by atoms with Crippen LogP contribution in [-0.2, 0) is 16.0 Å². The number of hydrogen-bond acceptors (Lipinski definition) is 5.